The Balaban J connectivity index is 2.11. The minimum absolute atomic E-state index is 0.388. The smallest absolute Gasteiger partial charge is 0.337 e. The number of esters is 1. The number of methoxy groups -OCH3 is 1. The summed E-state index contributed by atoms with van der Waals surface area (Å²) in [5, 5.41) is 16.8. The SMILES string of the molecule is COC(=O)c1ccc(N=Nc2ccc(C#N)cc2)cc1. The van der Waals surface area contributed by atoms with E-state index in [9.17, 15) is 4.79 Å². The molecule has 2 aromatic carbocycles. The molecular formula is C15H11N3O2. The predicted octanol–water partition coefficient (Wildman–Crippen LogP) is 3.76. The van der Waals surface area contributed by atoms with E-state index < -0.39 is 0 Å². The van der Waals surface area contributed by atoms with Gasteiger partial charge in [-0.2, -0.15) is 15.5 Å². The molecule has 2 aromatic rings. The van der Waals surface area contributed by atoms with Crippen molar-refractivity contribution in [2.24, 2.45) is 10.2 Å². The van der Waals surface area contributed by atoms with Crippen LogP contribution in [0.5, 0.6) is 0 Å². The van der Waals surface area contributed by atoms with Crippen LogP contribution in [-0.4, -0.2) is 13.1 Å². The van der Waals surface area contributed by atoms with Gasteiger partial charge in [0.1, 0.15) is 0 Å². The first-order valence-electron chi connectivity index (χ1n) is 5.83. The monoisotopic (exact) mass is 265 g/mol. The van der Waals surface area contributed by atoms with Gasteiger partial charge in [-0.25, -0.2) is 4.79 Å². The number of nitriles is 1. The van der Waals surface area contributed by atoms with Crippen molar-refractivity contribution in [2.45, 2.75) is 0 Å². The molecule has 0 unspecified atom stereocenters. The molecule has 0 aliphatic carbocycles. The van der Waals surface area contributed by atoms with Crippen molar-refractivity contribution in [1.29, 1.82) is 5.26 Å². The summed E-state index contributed by atoms with van der Waals surface area (Å²) >= 11 is 0. The first-order chi connectivity index (χ1) is 9.72. The topological polar surface area (TPSA) is 74.8 Å². The molecule has 0 saturated carbocycles. The number of benzene rings is 2. The number of carbonyl (C=O) groups excluding carboxylic acids is 1. The molecule has 98 valence electrons. The molecule has 0 atom stereocenters. The van der Waals surface area contributed by atoms with Crippen LogP contribution in [0.4, 0.5) is 11.4 Å². The van der Waals surface area contributed by atoms with Gasteiger partial charge in [-0.05, 0) is 48.5 Å². The van der Waals surface area contributed by atoms with Gasteiger partial charge in [-0.1, -0.05) is 0 Å². The molecule has 0 heterocycles. The van der Waals surface area contributed by atoms with Crippen molar-refractivity contribution >= 4 is 17.3 Å². The molecule has 0 bridgehead atoms. The van der Waals surface area contributed by atoms with Crippen LogP contribution in [0, 0.1) is 11.3 Å². The molecule has 5 nitrogen and oxygen atoms in total. The van der Waals surface area contributed by atoms with Crippen molar-refractivity contribution < 1.29 is 9.53 Å². The molecule has 2 rings (SSSR count). The lowest BCUT2D eigenvalue weighted by molar-refractivity contribution is 0.0601. The Morgan fingerprint density at radius 1 is 1.00 bits per heavy atom. The Morgan fingerprint density at radius 3 is 1.95 bits per heavy atom. The molecule has 0 radical (unpaired) electrons. The second-order valence-electron chi connectivity index (χ2n) is 3.90. The number of nitrogens with zero attached hydrogens (tertiary/aromatic N) is 3. The lowest BCUT2D eigenvalue weighted by atomic mass is 10.2. The maximum atomic E-state index is 11.3. The number of ether oxygens (including phenoxy) is 1. The maximum absolute atomic E-state index is 11.3. The number of carbonyl (C=O) groups is 1. The Hall–Kier alpha value is -3.00. The van der Waals surface area contributed by atoms with E-state index in [2.05, 4.69) is 15.0 Å². The van der Waals surface area contributed by atoms with Crippen LogP contribution < -0.4 is 0 Å². The molecule has 0 N–H and O–H groups in total. The lowest BCUT2D eigenvalue weighted by Gasteiger charge is -1.98. The highest BCUT2D eigenvalue weighted by molar-refractivity contribution is 5.89. The molecule has 0 spiro atoms. The number of hydrogen-bond donors (Lipinski definition) is 0. The van der Waals surface area contributed by atoms with Crippen LogP contribution in [0.2, 0.25) is 0 Å². The molecule has 20 heavy (non-hydrogen) atoms. The number of rotatable bonds is 3. The normalized spacial score (nSPS) is 10.2. The minimum atomic E-state index is -0.388. The summed E-state index contributed by atoms with van der Waals surface area (Å²) < 4.78 is 4.61. The standard InChI is InChI=1S/C15H11N3O2/c1-20-15(19)12-4-8-14(9-5-12)18-17-13-6-2-11(10-16)3-7-13/h2-9H,1H3. The fourth-order valence-corrected chi connectivity index (χ4v) is 1.50. The highest BCUT2D eigenvalue weighted by Gasteiger charge is 2.03. The maximum Gasteiger partial charge on any atom is 0.337 e. The van der Waals surface area contributed by atoms with E-state index in [1.54, 1.807) is 48.5 Å². The van der Waals surface area contributed by atoms with Gasteiger partial charge in [-0.15, -0.1) is 0 Å². The van der Waals surface area contributed by atoms with Crippen LogP contribution in [0.15, 0.2) is 58.8 Å². The summed E-state index contributed by atoms with van der Waals surface area (Å²) in [6.45, 7) is 0. The average Bonchev–Trinajstić information content (AvgIpc) is 2.53. The quantitative estimate of drug-likeness (QED) is 0.626. The highest BCUT2D eigenvalue weighted by atomic mass is 16.5. The second-order valence-corrected chi connectivity index (χ2v) is 3.90. The Kier molecular flexibility index (Phi) is 4.20. The first-order valence-corrected chi connectivity index (χ1v) is 5.83. The fourth-order valence-electron chi connectivity index (χ4n) is 1.50. The summed E-state index contributed by atoms with van der Waals surface area (Å²) in [5.41, 5.74) is 2.32. The van der Waals surface area contributed by atoms with Gasteiger partial charge in [-0.3, -0.25) is 0 Å². The summed E-state index contributed by atoms with van der Waals surface area (Å²) in [5.74, 6) is -0.388. The average molecular weight is 265 g/mol. The van der Waals surface area contributed by atoms with Crippen LogP contribution in [-0.2, 0) is 4.74 Å². The number of hydrogen-bond acceptors (Lipinski definition) is 5. The molecule has 5 heteroatoms. The summed E-state index contributed by atoms with van der Waals surface area (Å²) in [6, 6.07) is 15.4. The van der Waals surface area contributed by atoms with Gasteiger partial charge in [0.15, 0.2) is 0 Å². The van der Waals surface area contributed by atoms with E-state index in [1.807, 2.05) is 6.07 Å². The molecule has 0 aliphatic heterocycles. The van der Waals surface area contributed by atoms with Gasteiger partial charge < -0.3 is 4.74 Å². The van der Waals surface area contributed by atoms with Gasteiger partial charge in [0.05, 0.1) is 35.7 Å². The van der Waals surface area contributed by atoms with Crippen molar-refractivity contribution in [3.8, 4) is 6.07 Å². The zero-order valence-electron chi connectivity index (χ0n) is 10.8. The molecule has 0 amide bonds. The van der Waals surface area contributed by atoms with Gasteiger partial charge in [0, 0.05) is 0 Å². The van der Waals surface area contributed by atoms with Gasteiger partial charge in [0.25, 0.3) is 0 Å². The third-order valence-electron chi connectivity index (χ3n) is 2.57. The fraction of sp³-hybridized carbons (Fsp3) is 0.0667. The van der Waals surface area contributed by atoms with E-state index in [4.69, 9.17) is 5.26 Å². The van der Waals surface area contributed by atoms with Crippen molar-refractivity contribution in [3.63, 3.8) is 0 Å². The van der Waals surface area contributed by atoms with Gasteiger partial charge >= 0.3 is 5.97 Å². The summed E-state index contributed by atoms with van der Waals surface area (Å²) in [6.07, 6.45) is 0. The molecule has 0 aliphatic rings. The van der Waals surface area contributed by atoms with E-state index >= 15 is 0 Å². The Labute approximate surface area is 116 Å². The predicted molar refractivity (Wildman–Crippen MR) is 73.1 cm³/mol. The van der Waals surface area contributed by atoms with Gasteiger partial charge in [0.2, 0.25) is 0 Å². The summed E-state index contributed by atoms with van der Waals surface area (Å²) in [7, 11) is 1.33. The van der Waals surface area contributed by atoms with E-state index in [0.29, 0.717) is 22.5 Å². The van der Waals surface area contributed by atoms with Crippen molar-refractivity contribution in [2.75, 3.05) is 7.11 Å². The number of azo groups is 1. The van der Waals surface area contributed by atoms with Crippen LogP contribution in [0.25, 0.3) is 0 Å². The third-order valence-corrected chi connectivity index (χ3v) is 2.57. The highest BCUT2D eigenvalue weighted by Crippen LogP contribution is 2.19. The molecule has 0 aromatic heterocycles. The largest absolute Gasteiger partial charge is 0.465 e. The van der Waals surface area contributed by atoms with E-state index in [-0.39, 0.29) is 5.97 Å². The molecular weight excluding hydrogens is 254 g/mol. The lowest BCUT2D eigenvalue weighted by Crippen LogP contribution is -1.99. The van der Waals surface area contributed by atoms with Crippen LogP contribution in [0.3, 0.4) is 0 Å². The Bertz CT molecular complexity index is 668. The van der Waals surface area contributed by atoms with Crippen LogP contribution in [0.1, 0.15) is 15.9 Å². The van der Waals surface area contributed by atoms with E-state index in [1.165, 1.54) is 7.11 Å². The third kappa shape index (κ3) is 3.27. The second kappa shape index (κ2) is 6.25. The van der Waals surface area contributed by atoms with Crippen LogP contribution >= 0.6 is 0 Å². The van der Waals surface area contributed by atoms with Crippen molar-refractivity contribution in [1.82, 2.24) is 0 Å². The zero-order chi connectivity index (χ0) is 14.4. The first kappa shape index (κ1) is 13.4. The van der Waals surface area contributed by atoms with Crippen molar-refractivity contribution in [3.05, 3.63) is 59.7 Å². The Morgan fingerprint density at radius 2 is 1.50 bits per heavy atom. The summed E-state index contributed by atoms with van der Waals surface area (Å²) in [4.78, 5) is 11.3. The zero-order valence-corrected chi connectivity index (χ0v) is 10.8. The minimum Gasteiger partial charge on any atom is -0.465 e. The van der Waals surface area contributed by atoms with E-state index in [0.717, 1.165) is 0 Å². The molecule has 0 fully saturated rings. The molecule has 0 saturated heterocycles.